The second-order valence-corrected chi connectivity index (χ2v) is 11.0. The Morgan fingerprint density at radius 2 is 1.10 bits per heavy atom. The molecule has 2 nitrogen and oxygen atoms in total. The summed E-state index contributed by atoms with van der Waals surface area (Å²) >= 11 is 0. The van der Waals surface area contributed by atoms with Crippen molar-refractivity contribution in [1.82, 2.24) is 0 Å². The Kier molecular flexibility index (Phi) is 4.76. The molecule has 7 aromatic rings. The Labute approximate surface area is 237 Å². The molecular formula is C39H25NO. The van der Waals surface area contributed by atoms with Crippen LogP contribution in [0, 0.1) is 0 Å². The molecule has 0 fully saturated rings. The molecule has 0 aliphatic carbocycles. The number of hydrogen-bond acceptors (Lipinski definition) is 2. The molecule has 2 aliphatic rings. The molecule has 0 saturated heterocycles. The third-order valence-electron chi connectivity index (χ3n) is 8.72. The van der Waals surface area contributed by atoms with Gasteiger partial charge in [-0.05, 0) is 90.1 Å². The van der Waals surface area contributed by atoms with Crippen molar-refractivity contribution in [3.05, 3.63) is 150 Å². The zero-order chi connectivity index (χ0) is 26.9. The van der Waals surface area contributed by atoms with Crippen LogP contribution in [-0.4, -0.2) is 6.10 Å². The van der Waals surface area contributed by atoms with Crippen LogP contribution < -0.4 is 15.3 Å². The molecule has 9 rings (SSSR count). The largest absolute Gasteiger partial charge is 0.483 e. The summed E-state index contributed by atoms with van der Waals surface area (Å²) in [6.45, 7) is 0. The average molecular weight is 524 g/mol. The van der Waals surface area contributed by atoms with Crippen LogP contribution >= 0.6 is 0 Å². The molecule has 2 heterocycles. The molecule has 0 spiro atoms. The van der Waals surface area contributed by atoms with Crippen molar-refractivity contribution in [2.75, 3.05) is 0 Å². The SMILES string of the molecule is C1=c2ccccc2=NC2c3cc(-c4c5ccccc5c(-c5ccc6ccccc6c5)c5ccccc45)ccc3OC12. The lowest BCUT2D eigenvalue weighted by atomic mass is 9.85. The second kappa shape index (κ2) is 8.64. The predicted octanol–water partition coefficient (Wildman–Crippen LogP) is 8.40. The van der Waals surface area contributed by atoms with Crippen molar-refractivity contribution >= 4 is 38.4 Å². The fraction of sp³-hybridized carbons (Fsp3) is 0.0513. The minimum atomic E-state index is -0.0704. The number of fused-ring (bicyclic) bond motifs is 7. The molecule has 192 valence electrons. The average Bonchev–Trinajstić information content (AvgIpc) is 3.38. The summed E-state index contributed by atoms with van der Waals surface area (Å²) in [4.78, 5) is 5.13. The van der Waals surface area contributed by atoms with Crippen molar-refractivity contribution in [2.45, 2.75) is 12.1 Å². The molecule has 0 saturated carbocycles. The number of rotatable bonds is 2. The van der Waals surface area contributed by atoms with E-state index in [9.17, 15) is 0 Å². The molecule has 41 heavy (non-hydrogen) atoms. The van der Waals surface area contributed by atoms with Crippen LogP contribution in [0.3, 0.4) is 0 Å². The Hall–Kier alpha value is -5.21. The number of ether oxygens (including phenoxy) is 1. The monoisotopic (exact) mass is 523 g/mol. The van der Waals surface area contributed by atoms with Gasteiger partial charge in [0.05, 0.1) is 5.36 Å². The number of benzene rings is 7. The van der Waals surface area contributed by atoms with Crippen LogP contribution in [0.15, 0.2) is 138 Å². The van der Waals surface area contributed by atoms with Gasteiger partial charge in [0.25, 0.3) is 0 Å². The normalized spacial score (nSPS) is 16.9. The first kappa shape index (κ1) is 22.6. The summed E-state index contributed by atoms with van der Waals surface area (Å²) < 4.78 is 6.40. The van der Waals surface area contributed by atoms with Gasteiger partial charge in [-0.15, -0.1) is 0 Å². The number of nitrogens with zero attached hydrogens (tertiary/aromatic N) is 1. The van der Waals surface area contributed by atoms with Gasteiger partial charge in [-0.2, -0.15) is 0 Å². The van der Waals surface area contributed by atoms with Crippen molar-refractivity contribution in [3.63, 3.8) is 0 Å². The minimum Gasteiger partial charge on any atom is -0.483 e. The highest BCUT2D eigenvalue weighted by Gasteiger charge is 2.34. The molecule has 2 aliphatic heterocycles. The van der Waals surface area contributed by atoms with Crippen molar-refractivity contribution < 1.29 is 4.74 Å². The third kappa shape index (κ3) is 3.41. The van der Waals surface area contributed by atoms with Gasteiger partial charge < -0.3 is 4.74 Å². The maximum atomic E-state index is 6.40. The second-order valence-electron chi connectivity index (χ2n) is 11.0. The first-order valence-electron chi connectivity index (χ1n) is 14.2. The molecule has 0 aromatic heterocycles. The quantitative estimate of drug-likeness (QED) is 0.209. The fourth-order valence-corrected chi connectivity index (χ4v) is 6.87. The molecular weight excluding hydrogens is 498 g/mol. The summed E-state index contributed by atoms with van der Waals surface area (Å²) in [7, 11) is 0. The van der Waals surface area contributed by atoms with Crippen LogP contribution in [0.2, 0.25) is 0 Å². The highest BCUT2D eigenvalue weighted by molar-refractivity contribution is 6.21. The Morgan fingerprint density at radius 1 is 0.512 bits per heavy atom. The zero-order valence-corrected chi connectivity index (χ0v) is 22.3. The lowest BCUT2D eigenvalue weighted by molar-refractivity contribution is 0.269. The third-order valence-corrected chi connectivity index (χ3v) is 8.72. The lowest BCUT2D eigenvalue weighted by Gasteiger charge is -2.18. The van der Waals surface area contributed by atoms with E-state index < -0.39 is 0 Å². The highest BCUT2D eigenvalue weighted by Crippen LogP contribution is 2.47. The standard InChI is InChI=1S/C39H25NO/c1-2-10-25-21-27(18-17-24(25)9-1)37-29-12-4-6-14-31(29)38(32-15-7-5-13-30(32)37)28-19-20-35-33(22-28)39-36(41-35)23-26-11-3-8-16-34(26)40-39/h1-23,36,39H. The fourth-order valence-electron chi connectivity index (χ4n) is 6.87. The summed E-state index contributed by atoms with van der Waals surface area (Å²) in [5.74, 6) is 0.929. The molecule has 2 heteroatoms. The predicted molar refractivity (Wildman–Crippen MR) is 169 cm³/mol. The van der Waals surface area contributed by atoms with Gasteiger partial charge >= 0.3 is 0 Å². The van der Waals surface area contributed by atoms with Crippen LogP contribution in [0.5, 0.6) is 5.75 Å². The van der Waals surface area contributed by atoms with Gasteiger partial charge in [-0.3, -0.25) is 4.99 Å². The Bertz CT molecular complexity index is 2260. The molecule has 0 amide bonds. The Morgan fingerprint density at radius 3 is 1.83 bits per heavy atom. The van der Waals surface area contributed by atoms with E-state index >= 15 is 0 Å². The van der Waals surface area contributed by atoms with Crippen LogP contribution in [0.25, 0.3) is 60.6 Å². The van der Waals surface area contributed by atoms with E-state index in [1.807, 2.05) is 0 Å². The van der Waals surface area contributed by atoms with Gasteiger partial charge in [0.15, 0.2) is 0 Å². The summed E-state index contributed by atoms with van der Waals surface area (Å²) in [5, 5.41) is 9.71. The highest BCUT2D eigenvalue weighted by atomic mass is 16.5. The molecule has 2 unspecified atom stereocenters. The van der Waals surface area contributed by atoms with E-state index in [0.29, 0.717) is 0 Å². The van der Waals surface area contributed by atoms with Gasteiger partial charge in [0.2, 0.25) is 0 Å². The van der Waals surface area contributed by atoms with E-state index in [1.165, 1.54) is 54.6 Å². The van der Waals surface area contributed by atoms with Gasteiger partial charge in [-0.1, -0.05) is 109 Å². The molecule has 7 aromatic carbocycles. The maximum Gasteiger partial charge on any atom is 0.144 e. The van der Waals surface area contributed by atoms with Crippen LogP contribution in [0.4, 0.5) is 0 Å². The number of para-hydroxylation sites is 1. The van der Waals surface area contributed by atoms with E-state index in [-0.39, 0.29) is 12.1 Å². The van der Waals surface area contributed by atoms with Crippen molar-refractivity contribution in [3.8, 4) is 28.0 Å². The van der Waals surface area contributed by atoms with Crippen molar-refractivity contribution in [1.29, 1.82) is 0 Å². The molecule has 0 N–H and O–H groups in total. The lowest BCUT2D eigenvalue weighted by Crippen LogP contribution is -2.34. The zero-order valence-electron chi connectivity index (χ0n) is 22.3. The Balaban J connectivity index is 1.30. The van der Waals surface area contributed by atoms with Gasteiger partial charge in [0, 0.05) is 5.56 Å². The van der Waals surface area contributed by atoms with E-state index in [0.717, 1.165) is 21.9 Å². The number of hydrogen-bond donors (Lipinski definition) is 0. The summed E-state index contributed by atoms with van der Waals surface area (Å²) in [6.07, 6.45) is 2.15. The van der Waals surface area contributed by atoms with E-state index in [1.54, 1.807) is 0 Å². The maximum absolute atomic E-state index is 6.40. The summed E-state index contributed by atoms with van der Waals surface area (Å²) in [6, 6.07) is 48.1. The van der Waals surface area contributed by atoms with Crippen LogP contribution in [-0.2, 0) is 0 Å². The minimum absolute atomic E-state index is 0.0331. The van der Waals surface area contributed by atoms with E-state index in [4.69, 9.17) is 9.73 Å². The summed E-state index contributed by atoms with van der Waals surface area (Å²) in [5.41, 5.74) is 6.13. The topological polar surface area (TPSA) is 21.6 Å². The molecule has 2 atom stereocenters. The molecule has 0 bridgehead atoms. The van der Waals surface area contributed by atoms with Gasteiger partial charge in [-0.25, -0.2) is 0 Å². The smallest absolute Gasteiger partial charge is 0.144 e. The molecule has 0 radical (unpaired) electrons. The first-order valence-corrected chi connectivity index (χ1v) is 14.2. The van der Waals surface area contributed by atoms with Crippen LogP contribution in [0.1, 0.15) is 11.6 Å². The van der Waals surface area contributed by atoms with E-state index in [2.05, 4.69) is 140 Å². The first-order chi connectivity index (χ1) is 20.3. The van der Waals surface area contributed by atoms with Gasteiger partial charge in [0.1, 0.15) is 17.9 Å². The van der Waals surface area contributed by atoms with Crippen molar-refractivity contribution in [2.24, 2.45) is 4.99 Å².